The Morgan fingerprint density at radius 2 is 2.10 bits per heavy atom. The highest BCUT2D eigenvalue weighted by Gasteiger charge is 2.29. The molecule has 1 aromatic heterocycles. The van der Waals surface area contributed by atoms with Crippen molar-refractivity contribution < 1.29 is 4.92 Å². The molecule has 6 nitrogen and oxygen atoms in total. The third-order valence-corrected chi connectivity index (χ3v) is 4.48. The Morgan fingerprint density at radius 3 is 2.67 bits per heavy atom. The zero-order valence-electron chi connectivity index (χ0n) is 13.3. The Labute approximate surface area is 126 Å². The third-order valence-electron chi connectivity index (χ3n) is 4.48. The van der Waals surface area contributed by atoms with E-state index < -0.39 is 0 Å². The minimum absolute atomic E-state index is 0.155. The van der Waals surface area contributed by atoms with Crippen molar-refractivity contribution in [2.45, 2.75) is 64.8 Å². The molecule has 6 heteroatoms. The van der Waals surface area contributed by atoms with E-state index in [0.29, 0.717) is 23.9 Å². The topological polar surface area (TPSA) is 73.0 Å². The van der Waals surface area contributed by atoms with Crippen molar-refractivity contribution in [3.05, 3.63) is 15.8 Å². The molecule has 0 spiro atoms. The summed E-state index contributed by atoms with van der Waals surface area (Å²) in [5.74, 6) is 1.16. The number of rotatable bonds is 6. The van der Waals surface area contributed by atoms with E-state index in [4.69, 9.17) is 0 Å². The molecular weight excluding hydrogens is 268 g/mol. The zero-order chi connectivity index (χ0) is 15.4. The molecule has 1 fully saturated rings. The summed E-state index contributed by atoms with van der Waals surface area (Å²) in [5, 5.41) is 19.1. The highest BCUT2D eigenvalue weighted by atomic mass is 16.6. The van der Waals surface area contributed by atoms with Gasteiger partial charge in [0.2, 0.25) is 5.82 Å². The van der Waals surface area contributed by atoms with E-state index in [0.717, 1.165) is 6.42 Å². The Hall–Kier alpha value is -1.59. The summed E-state index contributed by atoms with van der Waals surface area (Å²) in [5.41, 5.74) is 0.741. The van der Waals surface area contributed by atoms with Crippen molar-refractivity contribution in [3.8, 4) is 0 Å². The fraction of sp³-hybridized carbons (Fsp3) is 0.800. The predicted molar refractivity (Wildman–Crippen MR) is 83.5 cm³/mol. The Balaban J connectivity index is 2.19. The van der Waals surface area contributed by atoms with Crippen LogP contribution in [0.3, 0.4) is 0 Å². The summed E-state index contributed by atoms with van der Waals surface area (Å²) < 4.78 is 1.63. The molecule has 2 rings (SSSR count). The molecule has 21 heavy (non-hydrogen) atoms. The predicted octanol–water partition coefficient (Wildman–Crippen LogP) is 3.66. The number of nitrogens with zero attached hydrogens (tertiary/aromatic N) is 3. The molecular formula is C15H26N4O2. The largest absolute Gasteiger partial charge is 0.362 e. The van der Waals surface area contributed by atoms with Gasteiger partial charge in [-0.25, -0.2) is 4.68 Å². The minimum atomic E-state index is -0.298. The van der Waals surface area contributed by atoms with Crippen molar-refractivity contribution in [1.29, 1.82) is 0 Å². The average molecular weight is 294 g/mol. The quantitative estimate of drug-likeness (QED) is 0.642. The third kappa shape index (κ3) is 3.54. The first-order valence-corrected chi connectivity index (χ1v) is 8.01. The van der Waals surface area contributed by atoms with Crippen LogP contribution in [0.4, 0.5) is 11.5 Å². The molecule has 0 aliphatic heterocycles. The van der Waals surface area contributed by atoms with Crippen molar-refractivity contribution in [3.63, 3.8) is 0 Å². The van der Waals surface area contributed by atoms with Gasteiger partial charge in [0, 0.05) is 13.1 Å². The van der Waals surface area contributed by atoms with Crippen LogP contribution in [0.5, 0.6) is 0 Å². The lowest BCUT2D eigenvalue weighted by Gasteiger charge is -2.28. The highest BCUT2D eigenvalue weighted by molar-refractivity contribution is 5.60. The van der Waals surface area contributed by atoms with Crippen molar-refractivity contribution in [2.24, 2.45) is 13.0 Å². The maximum absolute atomic E-state index is 11.4. The number of hydrogen-bond donors (Lipinski definition) is 1. The Morgan fingerprint density at radius 1 is 1.43 bits per heavy atom. The SMILES string of the molecule is CCCc1nn(C)c(NC(C)C2CCCCC2)c1[N+](=O)[O-]. The minimum Gasteiger partial charge on any atom is -0.362 e. The highest BCUT2D eigenvalue weighted by Crippen LogP contribution is 2.33. The van der Waals surface area contributed by atoms with Gasteiger partial charge in [-0.2, -0.15) is 5.10 Å². The summed E-state index contributed by atoms with van der Waals surface area (Å²) >= 11 is 0. The van der Waals surface area contributed by atoms with Gasteiger partial charge in [-0.15, -0.1) is 0 Å². The van der Waals surface area contributed by atoms with E-state index in [1.165, 1.54) is 32.1 Å². The fourth-order valence-corrected chi connectivity index (χ4v) is 3.29. The van der Waals surface area contributed by atoms with Gasteiger partial charge in [0.15, 0.2) is 0 Å². The summed E-state index contributed by atoms with van der Waals surface area (Å²) in [6.45, 7) is 4.14. The maximum atomic E-state index is 11.4. The number of hydrogen-bond acceptors (Lipinski definition) is 4. The van der Waals surface area contributed by atoms with Crippen LogP contribution in [0.2, 0.25) is 0 Å². The summed E-state index contributed by atoms with van der Waals surface area (Å²) in [4.78, 5) is 11.1. The van der Waals surface area contributed by atoms with Crippen molar-refractivity contribution in [2.75, 3.05) is 5.32 Å². The molecule has 1 atom stereocenters. The molecule has 0 saturated heterocycles. The smallest absolute Gasteiger partial charge is 0.333 e. The second-order valence-corrected chi connectivity index (χ2v) is 6.11. The van der Waals surface area contributed by atoms with Crippen LogP contribution in [-0.4, -0.2) is 20.7 Å². The van der Waals surface area contributed by atoms with Crippen LogP contribution in [0.1, 0.15) is 58.1 Å². The molecule has 1 aliphatic rings. The molecule has 1 aromatic rings. The number of aromatic nitrogens is 2. The maximum Gasteiger partial charge on any atom is 0.333 e. The van der Waals surface area contributed by atoms with Crippen LogP contribution in [0.25, 0.3) is 0 Å². The first kappa shape index (κ1) is 15.8. The fourth-order valence-electron chi connectivity index (χ4n) is 3.29. The van der Waals surface area contributed by atoms with E-state index in [9.17, 15) is 10.1 Å². The lowest BCUT2D eigenvalue weighted by molar-refractivity contribution is -0.384. The van der Waals surface area contributed by atoms with Crippen LogP contribution in [0.15, 0.2) is 0 Å². The van der Waals surface area contributed by atoms with Crippen molar-refractivity contribution >= 4 is 11.5 Å². The van der Waals surface area contributed by atoms with Crippen LogP contribution in [0, 0.1) is 16.0 Å². The van der Waals surface area contributed by atoms with Gasteiger partial charge in [0.25, 0.3) is 0 Å². The molecule has 1 N–H and O–H groups in total. The first-order chi connectivity index (χ1) is 10.0. The molecule has 0 bridgehead atoms. The summed E-state index contributed by atoms with van der Waals surface area (Å²) in [7, 11) is 1.78. The number of nitro groups is 1. The standard InChI is InChI=1S/C15H26N4O2/c1-4-8-13-14(19(20)21)15(18(3)17-13)16-11(2)12-9-6-5-7-10-12/h11-12,16H,4-10H2,1-3H3. The van der Waals surface area contributed by atoms with Crippen molar-refractivity contribution in [1.82, 2.24) is 9.78 Å². The van der Waals surface area contributed by atoms with Gasteiger partial charge in [0.1, 0.15) is 5.69 Å². The molecule has 1 aliphatic carbocycles. The molecule has 0 amide bonds. The number of aryl methyl sites for hydroxylation is 2. The molecule has 1 heterocycles. The van der Waals surface area contributed by atoms with Gasteiger partial charge in [-0.05, 0) is 32.1 Å². The van der Waals surface area contributed by atoms with Crippen LogP contribution in [-0.2, 0) is 13.5 Å². The molecule has 0 radical (unpaired) electrons. The number of anilines is 1. The zero-order valence-corrected chi connectivity index (χ0v) is 13.3. The van der Waals surface area contributed by atoms with E-state index in [1.54, 1.807) is 11.7 Å². The lowest BCUT2D eigenvalue weighted by Crippen LogP contribution is -2.28. The monoisotopic (exact) mass is 294 g/mol. The van der Waals surface area contributed by atoms with Crippen LogP contribution < -0.4 is 5.32 Å². The lowest BCUT2D eigenvalue weighted by atomic mass is 9.84. The Kier molecular flexibility index (Phi) is 5.20. The molecule has 1 unspecified atom stereocenters. The van der Waals surface area contributed by atoms with E-state index >= 15 is 0 Å². The van der Waals surface area contributed by atoms with Gasteiger partial charge in [0.05, 0.1) is 4.92 Å². The normalized spacial score (nSPS) is 17.7. The second-order valence-electron chi connectivity index (χ2n) is 6.11. The molecule has 0 aromatic carbocycles. The molecule has 1 saturated carbocycles. The van der Waals surface area contributed by atoms with Gasteiger partial charge >= 0.3 is 5.69 Å². The van der Waals surface area contributed by atoms with Crippen LogP contribution >= 0.6 is 0 Å². The average Bonchev–Trinajstić information content (AvgIpc) is 2.76. The first-order valence-electron chi connectivity index (χ1n) is 8.01. The summed E-state index contributed by atoms with van der Waals surface area (Å²) in [6, 6.07) is 0.244. The van der Waals surface area contributed by atoms with E-state index in [2.05, 4.69) is 17.3 Å². The summed E-state index contributed by atoms with van der Waals surface area (Å²) in [6.07, 6.45) is 7.77. The van der Waals surface area contributed by atoms with E-state index in [-0.39, 0.29) is 16.7 Å². The van der Waals surface area contributed by atoms with Gasteiger partial charge in [-0.3, -0.25) is 10.1 Å². The van der Waals surface area contributed by atoms with Gasteiger partial charge in [-0.1, -0.05) is 32.6 Å². The van der Waals surface area contributed by atoms with Gasteiger partial charge < -0.3 is 5.32 Å². The Bertz CT molecular complexity index is 492. The number of nitrogens with one attached hydrogen (secondary N) is 1. The second kappa shape index (κ2) is 6.91. The molecule has 118 valence electrons. The van der Waals surface area contributed by atoms with E-state index in [1.807, 2.05) is 6.92 Å².